The zero-order valence-electron chi connectivity index (χ0n) is 35.0. The summed E-state index contributed by atoms with van der Waals surface area (Å²) in [7, 11) is 0. The third kappa shape index (κ3) is 6.60. The van der Waals surface area contributed by atoms with Crippen molar-refractivity contribution in [3.63, 3.8) is 0 Å². The molecule has 0 radical (unpaired) electrons. The van der Waals surface area contributed by atoms with Crippen LogP contribution in [0.5, 0.6) is 0 Å². The van der Waals surface area contributed by atoms with Crippen LogP contribution >= 0.6 is 0 Å². The lowest BCUT2D eigenvalue weighted by Gasteiger charge is -2.30. The van der Waals surface area contributed by atoms with Gasteiger partial charge in [-0.2, -0.15) is 0 Å². The second-order valence-corrected chi connectivity index (χ2v) is 16.9. The van der Waals surface area contributed by atoms with E-state index in [0.717, 1.165) is 17.1 Å². The van der Waals surface area contributed by atoms with E-state index in [-0.39, 0.29) is 5.41 Å². The zero-order chi connectivity index (χ0) is 41.6. The summed E-state index contributed by atoms with van der Waals surface area (Å²) < 4.78 is 0. The SMILES string of the molecule is CC1(C)c2cc(-c3cccc4ccccc34)ccc2-c2ccc(N(c3ccc(-c4ccc(-c5ccccc5)cc4)cc3)c3ccccc3-c3cccc(-c4ccccc4)c3)cc21. The maximum absolute atomic E-state index is 2.45. The first-order valence-electron chi connectivity index (χ1n) is 21.6. The van der Waals surface area contributed by atoms with Gasteiger partial charge in [0.05, 0.1) is 5.69 Å². The molecule has 0 heterocycles. The van der Waals surface area contributed by atoms with Crippen molar-refractivity contribution in [2.75, 3.05) is 4.90 Å². The number of fused-ring (bicyclic) bond motifs is 4. The van der Waals surface area contributed by atoms with Gasteiger partial charge in [0.1, 0.15) is 0 Å². The molecule has 0 saturated heterocycles. The van der Waals surface area contributed by atoms with E-state index in [1.54, 1.807) is 0 Å². The van der Waals surface area contributed by atoms with Crippen LogP contribution in [0.25, 0.3) is 77.5 Å². The Kier molecular flexibility index (Phi) is 9.24. The molecule has 0 saturated carbocycles. The van der Waals surface area contributed by atoms with E-state index < -0.39 is 0 Å². The molecule has 0 fully saturated rings. The number of hydrogen-bond acceptors (Lipinski definition) is 1. The summed E-state index contributed by atoms with van der Waals surface area (Å²) in [4.78, 5) is 2.45. The Morgan fingerprint density at radius 2 is 0.742 bits per heavy atom. The molecule has 0 unspecified atom stereocenters. The average molecular weight is 792 g/mol. The fourth-order valence-electron chi connectivity index (χ4n) is 9.63. The normalized spacial score (nSPS) is 12.5. The van der Waals surface area contributed by atoms with Gasteiger partial charge in [0.25, 0.3) is 0 Å². The van der Waals surface area contributed by atoms with Crippen LogP contribution in [0.3, 0.4) is 0 Å². The lowest BCUT2D eigenvalue weighted by atomic mass is 9.81. The standard InChI is InChI=1S/C61H45N/c1-61(2)58-40-50(54-25-14-20-47-19-9-10-23-53(47)54)33-37-56(58)57-38-36-52(41-59(57)61)62(51-34-31-46(32-35-51)45-29-27-44(28-30-45)42-15-5-3-6-16-42)60-26-12-11-24-55(60)49-22-13-21-48(39-49)43-17-7-4-8-18-43/h3-41H,1-2H3. The maximum Gasteiger partial charge on any atom is 0.0540 e. The average Bonchev–Trinajstić information content (AvgIpc) is 3.57. The molecule has 0 N–H and O–H groups in total. The van der Waals surface area contributed by atoms with Crippen molar-refractivity contribution in [1.29, 1.82) is 0 Å². The molecule has 0 aromatic heterocycles. The fourth-order valence-corrected chi connectivity index (χ4v) is 9.63. The Labute approximate surface area is 364 Å². The van der Waals surface area contributed by atoms with Gasteiger partial charge in [-0.1, -0.05) is 208 Å². The van der Waals surface area contributed by atoms with Crippen molar-refractivity contribution in [3.05, 3.63) is 248 Å². The molecule has 0 aliphatic heterocycles. The van der Waals surface area contributed by atoms with Crippen molar-refractivity contribution in [3.8, 4) is 66.8 Å². The minimum absolute atomic E-state index is 0.216. The van der Waals surface area contributed by atoms with Crippen molar-refractivity contribution < 1.29 is 0 Å². The first-order chi connectivity index (χ1) is 30.5. The van der Waals surface area contributed by atoms with Crippen LogP contribution in [-0.4, -0.2) is 0 Å². The molecule has 0 amide bonds. The first-order valence-corrected chi connectivity index (χ1v) is 21.6. The van der Waals surface area contributed by atoms with E-state index in [0.29, 0.717) is 0 Å². The van der Waals surface area contributed by atoms with Crippen LogP contribution in [0.15, 0.2) is 237 Å². The monoisotopic (exact) mass is 791 g/mol. The smallest absolute Gasteiger partial charge is 0.0540 e. The third-order valence-electron chi connectivity index (χ3n) is 12.9. The van der Waals surface area contributed by atoms with E-state index in [1.807, 2.05) is 0 Å². The zero-order valence-corrected chi connectivity index (χ0v) is 35.0. The van der Waals surface area contributed by atoms with Gasteiger partial charge in [-0.15, -0.1) is 0 Å². The molecule has 1 heteroatoms. The number of anilines is 3. The Hall–Kier alpha value is -7.74. The summed E-state index contributed by atoms with van der Waals surface area (Å²) in [6.07, 6.45) is 0. The Balaban J connectivity index is 1.02. The molecule has 10 aromatic rings. The number of benzene rings is 10. The molecule has 0 atom stereocenters. The minimum atomic E-state index is -0.216. The summed E-state index contributed by atoms with van der Waals surface area (Å²) in [6.45, 7) is 4.78. The van der Waals surface area contributed by atoms with E-state index in [2.05, 4.69) is 255 Å². The van der Waals surface area contributed by atoms with Crippen LogP contribution in [0.4, 0.5) is 17.1 Å². The van der Waals surface area contributed by atoms with Crippen molar-refractivity contribution in [1.82, 2.24) is 0 Å². The highest BCUT2D eigenvalue weighted by Crippen LogP contribution is 2.52. The Morgan fingerprint density at radius 1 is 0.290 bits per heavy atom. The van der Waals surface area contributed by atoms with Crippen LogP contribution in [0.1, 0.15) is 25.0 Å². The lowest BCUT2D eigenvalue weighted by molar-refractivity contribution is 0.660. The summed E-state index contributed by atoms with van der Waals surface area (Å²) >= 11 is 0. The highest BCUT2D eigenvalue weighted by atomic mass is 15.1. The van der Waals surface area contributed by atoms with Gasteiger partial charge in [0.2, 0.25) is 0 Å². The predicted molar refractivity (Wildman–Crippen MR) is 263 cm³/mol. The van der Waals surface area contributed by atoms with Gasteiger partial charge >= 0.3 is 0 Å². The molecule has 11 rings (SSSR count). The molecule has 1 nitrogen and oxygen atoms in total. The van der Waals surface area contributed by atoms with Crippen LogP contribution < -0.4 is 4.90 Å². The lowest BCUT2D eigenvalue weighted by Crippen LogP contribution is -2.17. The second kappa shape index (κ2) is 15.4. The molecular formula is C61H45N. The summed E-state index contributed by atoms with van der Waals surface area (Å²) in [5.41, 5.74) is 20.6. The first kappa shape index (κ1) is 37.3. The van der Waals surface area contributed by atoms with Gasteiger partial charge in [0.15, 0.2) is 0 Å². The minimum Gasteiger partial charge on any atom is -0.310 e. The molecule has 0 bridgehead atoms. The van der Waals surface area contributed by atoms with E-state index in [9.17, 15) is 0 Å². The molecule has 10 aromatic carbocycles. The number of rotatable bonds is 8. The topological polar surface area (TPSA) is 3.24 Å². The van der Waals surface area contributed by atoms with Gasteiger partial charge in [0, 0.05) is 22.4 Å². The van der Waals surface area contributed by atoms with Gasteiger partial charge in [-0.25, -0.2) is 0 Å². The molecule has 1 aliphatic rings. The predicted octanol–water partition coefficient (Wildman–Crippen LogP) is 17.0. The highest BCUT2D eigenvalue weighted by molar-refractivity contribution is 5.98. The van der Waals surface area contributed by atoms with Crippen LogP contribution in [0.2, 0.25) is 0 Å². The number of para-hydroxylation sites is 1. The quantitative estimate of drug-likeness (QED) is 0.148. The van der Waals surface area contributed by atoms with Crippen molar-refractivity contribution in [2.24, 2.45) is 0 Å². The van der Waals surface area contributed by atoms with Crippen molar-refractivity contribution in [2.45, 2.75) is 19.3 Å². The molecule has 294 valence electrons. The van der Waals surface area contributed by atoms with Gasteiger partial charge < -0.3 is 4.90 Å². The van der Waals surface area contributed by atoms with E-state index in [4.69, 9.17) is 0 Å². The van der Waals surface area contributed by atoms with E-state index >= 15 is 0 Å². The summed E-state index contributed by atoms with van der Waals surface area (Å²) in [5, 5.41) is 2.54. The van der Waals surface area contributed by atoms with Crippen molar-refractivity contribution >= 4 is 27.8 Å². The number of nitrogens with zero attached hydrogens (tertiary/aromatic N) is 1. The summed E-state index contributed by atoms with van der Waals surface area (Å²) in [5.74, 6) is 0. The van der Waals surface area contributed by atoms with Crippen LogP contribution in [0, 0.1) is 0 Å². The fraction of sp³-hybridized carbons (Fsp3) is 0.0492. The molecular weight excluding hydrogens is 747 g/mol. The largest absolute Gasteiger partial charge is 0.310 e. The second-order valence-electron chi connectivity index (χ2n) is 16.9. The van der Waals surface area contributed by atoms with Crippen LogP contribution in [-0.2, 0) is 5.41 Å². The number of hydrogen-bond donors (Lipinski definition) is 0. The molecule has 1 aliphatic carbocycles. The summed E-state index contributed by atoms with van der Waals surface area (Å²) in [6, 6.07) is 86.6. The third-order valence-corrected chi connectivity index (χ3v) is 12.9. The molecule has 0 spiro atoms. The Bertz CT molecular complexity index is 3230. The molecule has 62 heavy (non-hydrogen) atoms. The maximum atomic E-state index is 2.45. The van der Waals surface area contributed by atoms with Gasteiger partial charge in [-0.05, 0) is 126 Å². The Morgan fingerprint density at radius 3 is 1.47 bits per heavy atom. The highest BCUT2D eigenvalue weighted by Gasteiger charge is 2.36. The van der Waals surface area contributed by atoms with E-state index in [1.165, 1.54) is 88.7 Å². The van der Waals surface area contributed by atoms with Gasteiger partial charge in [-0.3, -0.25) is 0 Å².